The van der Waals surface area contributed by atoms with Crippen molar-refractivity contribution in [3.05, 3.63) is 81.5 Å². The van der Waals surface area contributed by atoms with E-state index in [1.54, 1.807) is 7.11 Å². The maximum Gasteiger partial charge on any atom is 0.161 e. The lowest BCUT2D eigenvalue weighted by Crippen LogP contribution is -2.29. The number of ether oxygens (including phenoxy) is 2. The molecule has 26 heavy (non-hydrogen) atoms. The van der Waals surface area contributed by atoms with Gasteiger partial charge >= 0.3 is 0 Å². The van der Waals surface area contributed by atoms with Gasteiger partial charge in [-0.1, -0.05) is 36.4 Å². The fraction of sp³-hybridized carbons (Fsp3) is 0.273. The van der Waals surface area contributed by atoms with Gasteiger partial charge in [0, 0.05) is 10.9 Å². The van der Waals surface area contributed by atoms with E-state index in [9.17, 15) is 0 Å². The van der Waals surface area contributed by atoms with Crippen LogP contribution >= 0.6 is 11.3 Å². The summed E-state index contributed by atoms with van der Waals surface area (Å²) in [6, 6.07) is 19.1. The molecular formula is C22H23NO2S. The monoisotopic (exact) mass is 365 g/mol. The molecule has 1 aliphatic heterocycles. The largest absolute Gasteiger partial charge is 0.493 e. The van der Waals surface area contributed by atoms with E-state index >= 15 is 0 Å². The van der Waals surface area contributed by atoms with Crippen LogP contribution in [0.15, 0.2) is 60.0 Å². The molecule has 0 saturated carbocycles. The summed E-state index contributed by atoms with van der Waals surface area (Å²) in [5, 5.41) is 5.85. The summed E-state index contributed by atoms with van der Waals surface area (Å²) >= 11 is 1.85. The average Bonchev–Trinajstić information content (AvgIpc) is 3.17. The smallest absolute Gasteiger partial charge is 0.161 e. The Morgan fingerprint density at radius 1 is 1.04 bits per heavy atom. The predicted octanol–water partition coefficient (Wildman–Crippen LogP) is 4.77. The first-order valence-corrected chi connectivity index (χ1v) is 9.85. The van der Waals surface area contributed by atoms with Gasteiger partial charge in [0.2, 0.25) is 0 Å². The van der Waals surface area contributed by atoms with Crippen molar-refractivity contribution in [3.63, 3.8) is 0 Å². The molecule has 2 heterocycles. The molecule has 3 nitrogen and oxygen atoms in total. The van der Waals surface area contributed by atoms with Crippen molar-refractivity contribution in [2.45, 2.75) is 25.5 Å². The number of hydrogen-bond donors (Lipinski definition) is 1. The van der Waals surface area contributed by atoms with Gasteiger partial charge < -0.3 is 14.8 Å². The van der Waals surface area contributed by atoms with Crippen LogP contribution in [0.4, 0.5) is 0 Å². The number of methoxy groups -OCH3 is 1. The molecule has 3 aromatic rings. The molecule has 134 valence electrons. The summed E-state index contributed by atoms with van der Waals surface area (Å²) < 4.78 is 11.5. The zero-order chi connectivity index (χ0) is 17.8. The zero-order valence-electron chi connectivity index (χ0n) is 14.9. The molecule has 0 amide bonds. The summed E-state index contributed by atoms with van der Waals surface area (Å²) in [4.78, 5) is 1.47. The van der Waals surface area contributed by atoms with E-state index in [2.05, 4.69) is 41.0 Å². The highest BCUT2D eigenvalue weighted by molar-refractivity contribution is 7.10. The SMILES string of the molecule is COc1cc(CC2NCCc3ccsc32)ccc1OCc1ccccc1. The Morgan fingerprint density at radius 3 is 2.77 bits per heavy atom. The lowest BCUT2D eigenvalue weighted by Gasteiger charge is -2.24. The van der Waals surface area contributed by atoms with E-state index in [0.29, 0.717) is 12.6 Å². The second-order valence-electron chi connectivity index (χ2n) is 6.53. The number of rotatable bonds is 6. The fourth-order valence-corrected chi connectivity index (χ4v) is 4.46. The van der Waals surface area contributed by atoms with E-state index < -0.39 is 0 Å². The molecule has 0 radical (unpaired) electrons. The van der Waals surface area contributed by atoms with Gasteiger partial charge in [0.25, 0.3) is 0 Å². The van der Waals surface area contributed by atoms with Crippen LogP contribution in [0.2, 0.25) is 0 Å². The van der Waals surface area contributed by atoms with E-state index in [1.807, 2.05) is 35.6 Å². The molecular weight excluding hydrogens is 342 g/mol. The third kappa shape index (κ3) is 3.76. The Kier molecular flexibility index (Phi) is 5.23. The first kappa shape index (κ1) is 17.1. The molecule has 0 aliphatic carbocycles. The lowest BCUT2D eigenvalue weighted by atomic mass is 9.97. The molecule has 0 spiro atoms. The Balaban J connectivity index is 1.47. The molecule has 0 saturated heterocycles. The summed E-state index contributed by atoms with van der Waals surface area (Å²) in [5.74, 6) is 1.58. The number of fused-ring (bicyclic) bond motifs is 1. The van der Waals surface area contributed by atoms with Crippen LogP contribution in [-0.2, 0) is 19.4 Å². The molecule has 1 aromatic heterocycles. The second kappa shape index (κ2) is 7.94. The van der Waals surface area contributed by atoms with Crippen LogP contribution in [0.1, 0.15) is 27.6 Å². The van der Waals surface area contributed by atoms with Crippen molar-refractivity contribution in [2.75, 3.05) is 13.7 Å². The number of benzene rings is 2. The minimum Gasteiger partial charge on any atom is -0.493 e. The lowest BCUT2D eigenvalue weighted by molar-refractivity contribution is 0.284. The molecule has 1 unspecified atom stereocenters. The molecule has 2 aromatic carbocycles. The minimum absolute atomic E-state index is 0.388. The van der Waals surface area contributed by atoms with Gasteiger partial charge in [-0.15, -0.1) is 11.3 Å². The van der Waals surface area contributed by atoms with E-state index in [0.717, 1.165) is 36.4 Å². The molecule has 0 fully saturated rings. The van der Waals surface area contributed by atoms with Crippen LogP contribution in [0.3, 0.4) is 0 Å². The van der Waals surface area contributed by atoms with Crippen molar-refractivity contribution in [2.24, 2.45) is 0 Å². The molecule has 4 rings (SSSR count). The molecule has 1 atom stereocenters. The van der Waals surface area contributed by atoms with Crippen LogP contribution in [0.5, 0.6) is 11.5 Å². The van der Waals surface area contributed by atoms with Gasteiger partial charge in [0.05, 0.1) is 7.11 Å². The Labute approximate surface area is 158 Å². The van der Waals surface area contributed by atoms with Crippen molar-refractivity contribution in [1.29, 1.82) is 0 Å². The standard InChI is InChI=1S/C22H23NO2S/c1-24-21-14-17(13-19-22-18(9-11-23-19)10-12-26-22)7-8-20(21)25-15-16-5-3-2-4-6-16/h2-8,10,12,14,19,23H,9,11,13,15H2,1H3. The maximum atomic E-state index is 5.96. The third-order valence-corrected chi connectivity index (χ3v) is 5.86. The Hall–Kier alpha value is -2.30. The van der Waals surface area contributed by atoms with E-state index in [1.165, 1.54) is 16.0 Å². The highest BCUT2D eigenvalue weighted by atomic mass is 32.1. The van der Waals surface area contributed by atoms with Gasteiger partial charge in [-0.2, -0.15) is 0 Å². The number of thiophene rings is 1. The van der Waals surface area contributed by atoms with Crippen molar-refractivity contribution in [3.8, 4) is 11.5 Å². The summed E-state index contributed by atoms with van der Waals surface area (Å²) in [5.41, 5.74) is 3.90. The highest BCUT2D eigenvalue weighted by Crippen LogP contribution is 2.34. The van der Waals surface area contributed by atoms with Crippen molar-refractivity contribution in [1.82, 2.24) is 5.32 Å². The van der Waals surface area contributed by atoms with Crippen LogP contribution in [-0.4, -0.2) is 13.7 Å². The zero-order valence-corrected chi connectivity index (χ0v) is 15.7. The van der Waals surface area contributed by atoms with Gasteiger partial charge in [0.15, 0.2) is 11.5 Å². The maximum absolute atomic E-state index is 5.96. The Morgan fingerprint density at radius 2 is 1.92 bits per heavy atom. The quantitative estimate of drug-likeness (QED) is 0.683. The van der Waals surface area contributed by atoms with Crippen LogP contribution < -0.4 is 14.8 Å². The topological polar surface area (TPSA) is 30.5 Å². The third-order valence-electron chi connectivity index (χ3n) is 4.79. The van der Waals surface area contributed by atoms with Gasteiger partial charge in [-0.05, 0) is 59.7 Å². The predicted molar refractivity (Wildman–Crippen MR) is 106 cm³/mol. The van der Waals surface area contributed by atoms with Gasteiger partial charge in [0.1, 0.15) is 6.61 Å². The van der Waals surface area contributed by atoms with E-state index in [-0.39, 0.29) is 0 Å². The molecule has 0 bridgehead atoms. The summed E-state index contributed by atoms with van der Waals surface area (Å²) in [7, 11) is 1.70. The molecule has 1 aliphatic rings. The first-order valence-electron chi connectivity index (χ1n) is 8.97. The van der Waals surface area contributed by atoms with Crippen LogP contribution in [0.25, 0.3) is 0 Å². The Bertz CT molecular complexity index is 860. The average molecular weight is 365 g/mol. The van der Waals surface area contributed by atoms with Crippen molar-refractivity contribution >= 4 is 11.3 Å². The fourth-order valence-electron chi connectivity index (χ4n) is 3.43. The molecule has 1 N–H and O–H groups in total. The van der Waals surface area contributed by atoms with Gasteiger partial charge in [-0.3, -0.25) is 0 Å². The summed E-state index contributed by atoms with van der Waals surface area (Å²) in [6.07, 6.45) is 2.09. The van der Waals surface area contributed by atoms with Gasteiger partial charge in [-0.25, -0.2) is 0 Å². The molecule has 4 heteroatoms. The van der Waals surface area contributed by atoms with Crippen LogP contribution in [0, 0.1) is 0 Å². The number of hydrogen-bond acceptors (Lipinski definition) is 4. The van der Waals surface area contributed by atoms with E-state index in [4.69, 9.17) is 9.47 Å². The van der Waals surface area contributed by atoms with Crippen molar-refractivity contribution < 1.29 is 9.47 Å². The summed E-state index contributed by atoms with van der Waals surface area (Å²) in [6.45, 7) is 1.59. The number of nitrogens with one attached hydrogen (secondary N) is 1. The second-order valence-corrected chi connectivity index (χ2v) is 7.48. The normalized spacial score (nSPS) is 16.1. The highest BCUT2D eigenvalue weighted by Gasteiger charge is 2.21. The first-order chi connectivity index (χ1) is 12.8. The minimum atomic E-state index is 0.388.